The Kier molecular flexibility index (Phi) is 4.89. The van der Waals surface area contributed by atoms with Crippen LogP contribution in [0.2, 0.25) is 0 Å². The Morgan fingerprint density at radius 3 is 2.85 bits per heavy atom. The van der Waals surface area contributed by atoms with E-state index in [9.17, 15) is 4.39 Å². The van der Waals surface area contributed by atoms with E-state index in [0.29, 0.717) is 21.9 Å². The molecule has 4 nitrogen and oxygen atoms in total. The minimum absolute atomic E-state index is 0.307. The van der Waals surface area contributed by atoms with Gasteiger partial charge in [-0.1, -0.05) is 19.1 Å². The maximum atomic E-state index is 13.8. The molecule has 2 aromatic rings. The minimum atomic E-state index is -0.307. The third-order valence-corrected chi connectivity index (χ3v) is 3.32. The van der Waals surface area contributed by atoms with E-state index in [2.05, 4.69) is 43.5 Å². The van der Waals surface area contributed by atoms with E-state index >= 15 is 0 Å². The number of hydrogen-bond donors (Lipinski definition) is 2. The number of nitrogens with zero attached hydrogens (tertiary/aromatic N) is 2. The van der Waals surface area contributed by atoms with Crippen molar-refractivity contribution in [1.82, 2.24) is 9.97 Å². The van der Waals surface area contributed by atoms with Crippen molar-refractivity contribution in [2.45, 2.75) is 20.3 Å². The molecule has 0 bridgehead atoms. The number of nitrogens with one attached hydrogen (secondary N) is 2. The number of halogens is 2. The zero-order chi connectivity index (χ0) is 14.5. The number of hydrogen-bond acceptors (Lipinski definition) is 4. The molecule has 1 aromatic heterocycles. The molecule has 0 aliphatic rings. The van der Waals surface area contributed by atoms with E-state index in [1.54, 1.807) is 12.3 Å². The average Bonchev–Trinajstić information content (AvgIpc) is 2.43. The highest BCUT2D eigenvalue weighted by atomic mass is 79.9. The van der Waals surface area contributed by atoms with Gasteiger partial charge >= 0.3 is 0 Å². The SMILES string of the molecule is CCCNc1ncc(Br)c(Nc2c(C)cccc2F)n1. The third kappa shape index (κ3) is 3.45. The van der Waals surface area contributed by atoms with Crippen molar-refractivity contribution >= 4 is 33.4 Å². The van der Waals surface area contributed by atoms with Gasteiger partial charge in [-0.15, -0.1) is 0 Å². The summed E-state index contributed by atoms with van der Waals surface area (Å²) in [7, 11) is 0. The van der Waals surface area contributed by atoms with Crippen LogP contribution in [0.15, 0.2) is 28.9 Å². The molecule has 0 unspecified atom stereocenters. The van der Waals surface area contributed by atoms with Gasteiger partial charge in [0.2, 0.25) is 5.95 Å². The second kappa shape index (κ2) is 6.65. The van der Waals surface area contributed by atoms with Crippen LogP contribution in [0.4, 0.5) is 21.8 Å². The fraction of sp³-hybridized carbons (Fsp3) is 0.286. The summed E-state index contributed by atoms with van der Waals surface area (Å²) in [5, 5.41) is 6.11. The van der Waals surface area contributed by atoms with E-state index in [1.807, 2.05) is 13.0 Å². The van der Waals surface area contributed by atoms with Gasteiger partial charge in [0.15, 0.2) is 0 Å². The summed E-state index contributed by atoms with van der Waals surface area (Å²) in [6, 6.07) is 4.94. The summed E-state index contributed by atoms with van der Waals surface area (Å²) >= 11 is 3.37. The van der Waals surface area contributed by atoms with Crippen LogP contribution in [0.1, 0.15) is 18.9 Å². The summed E-state index contributed by atoms with van der Waals surface area (Å²) in [4.78, 5) is 8.50. The normalized spacial score (nSPS) is 10.4. The number of aromatic nitrogens is 2. The monoisotopic (exact) mass is 338 g/mol. The highest BCUT2D eigenvalue weighted by molar-refractivity contribution is 9.10. The Labute approximate surface area is 126 Å². The molecule has 0 saturated carbocycles. The highest BCUT2D eigenvalue weighted by Gasteiger charge is 2.10. The molecule has 0 atom stereocenters. The molecule has 6 heteroatoms. The summed E-state index contributed by atoms with van der Waals surface area (Å²) in [5.41, 5.74) is 1.24. The zero-order valence-electron chi connectivity index (χ0n) is 11.4. The lowest BCUT2D eigenvalue weighted by Crippen LogP contribution is -2.07. The van der Waals surface area contributed by atoms with E-state index in [0.717, 1.165) is 18.5 Å². The number of anilines is 3. The number of rotatable bonds is 5. The number of aryl methyl sites for hydroxylation is 1. The van der Waals surface area contributed by atoms with Crippen LogP contribution < -0.4 is 10.6 Å². The van der Waals surface area contributed by atoms with E-state index in [-0.39, 0.29) is 5.82 Å². The molecule has 20 heavy (non-hydrogen) atoms. The predicted molar refractivity (Wildman–Crippen MR) is 82.9 cm³/mol. The van der Waals surface area contributed by atoms with Crippen LogP contribution >= 0.6 is 15.9 Å². The van der Waals surface area contributed by atoms with Gasteiger partial charge in [0.1, 0.15) is 11.6 Å². The second-order valence-corrected chi connectivity index (χ2v) is 5.23. The van der Waals surface area contributed by atoms with Gasteiger partial charge in [0.05, 0.1) is 10.2 Å². The Balaban J connectivity index is 2.28. The Bertz CT molecular complexity index is 583. The van der Waals surface area contributed by atoms with Crippen LogP contribution in [-0.2, 0) is 0 Å². The minimum Gasteiger partial charge on any atom is -0.354 e. The third-order valence-electron chi connectivity index (χ3n) is 2.74. The first kappa shape index (κ1) is 14.7. The van der Waals surface area contributed by atoms with Crippen LogP contribution in [0.25, 0.3) is 0 Å². The predicted octanol–water partition coefficient (Wildman–Crippen LogP) is 4.25. The van der Waals surface area contributed by atoms with Crippen molar-refractivity contribution in [2.75, 3.05) is 17.2 Å². The molecule has 0 aliphatic heterocycles. The van der Waals surface area contributed by atoms with Crippen LogP contribution in [0.5, 0.6) is 0 Å². The molecular weight excluding hydrogens is 323 g/mol. The lowest BCUT2D eigenvalue weighted by molar-refractivity contribution is 0.630. The first-order valence-electron chi connectivity index (χ1n) is 6.40. The molecule has 0 amide bonds. The molecule has 0 radical (unpaired) electrons. The lowest BCUT2D eigenvalue weighted by Gasteiger charge is -2.12. The molecule has 0 saturated heterocycles. The van der Waals surface area contributed by atoms with Crippen molar-refractivity contribution in [3.8, 4) is 0 Å². The fourth-order valence-corrected chi connectivity index (χ4v) is 1.98. The quantitative estimate of drug-likeness (QED) is 0.855. The standard InChI is InChI=1S/C14H16BrFN4/c1-3-7-17-14-18-8-10(15)13(20-14)19-12-9(2)5-4-6-11(12)16/h4-6,8H,3,7H2,1-2H3,(H2,17,18,19,20). The van der Waals surface area contributed by atoms with Crippen LogP contribution in [0, 0.1) is 12.7 Å². The van der Waals surface area contributed by atoms with Crippen molar-refractivity contribution in [2.24, 2.45) is 0 Å². The van der Waals surface area contributed by atoms with Crippen LogP contribution in [-0.4, -0.2) is 16.5 Å². The van der Waals surface area contributed by atoms with Gasteiger partial charge in [-0.2, -0.15) is 4.98 Å². The fourth-order valence-electron chi connectivity index (χ4n) is 1.69. The molecule has 2 N–H and O–H groups in total. The van der Waals surface area contributed by atoms with Gasteiger partial charge in [0, 0.05) is 12.7 Å². The molecule has 0 spiro atoms. The smallest absolute Gasteiger partial charge is 0.224 e. The van der Waals surface area contributed by atoms with Crippen molar-refractivity contribution in [3.63, 3.8) is 0 Å². The first-order valence-corrected chi connectivity index (χ1v) is 7.19. The van der Waals surface area contributed by atoms with E-state index in [4.69, 9.17) is 0 Å². The second-order valence-electron chi connectivity index (χ2n) is 4.37. The zero-order valence-corrected chi connectivity index (χ0v) is 13.0. The summed E-state index contributed by atoms with van der Waals surface area (Å²) in [6.07, 6.45) is 2.62. The Morgan fingerprint density at radius 2 is 2.15 bits per heavy atom. The summed E-state index contributed by atoms with van der Waals surface area (Å²) < 4.78 is 14.5. The maximum absolute atomic E-state index is 13.8. The van der Waals surface area contributed by atoms with Gasteiger partial charge < -0.3 is 10.6 Å². The topological polar surface area (TPSA) is 49.8 Å². The first-order chi connectivity index (χ1) is 9.61. The van der Waals surface area contributed by atoms with Gasteiger partial charge in [-0.05, 0) is 40.9 Å². The Morgan fingerprint density at radius 1 is 1.35 bits per heavy atom. The Hall–Kier alpha value is -1.69. The van der Waals surface area contributed by atoms with Crippen molar-refractivity contribution < 1.29 is 4.39 Å². The molecule has 0 aliphatic carbocycles. The highest BCUT2D eigenvalue weighted by Crippen LogP contribution is 2.27. The van der Waals surface area contributed by atoms with Gasteiger partial charge in [-0.25, -0.2) is 9.37 Å². The summed E-state index contributed by atoms with van der Waals surface area (Å²) in [5.74, 6) is 0.747. The van der Waals surface area contributed by atoms with Crippen molar-refractivity contribution in [3.05, 3.63) is 40.2 Å². The van der Waals surface area contributed by atoms with Crippen molar-refractivity contribution in [1.29, 1.82) is 0 Å². The molecule has 2 rings (SSSR count). The van der Waals surface area contributed by atoms with Gasteiger partial charge in [0.25, 0.3) is 0 Å². The number of para-hydroxylation sites is 1. The largest absolute Gasteiger partial charge is 0.354 e. The lowest BCUT2D eigenvalue weighted by atomic mass is 10.2. The molecule has 106 valence electrons. The molecule has 1 aromatic carbocycles. The average molecular weight is 339 g/mol. The van der Waals surface area contributed by atoms with Crippen LogP contribution in [0.3, 0.4) is 0 Å². The van der Waals surface area contributed by atoms with E-state index in [1.165, 1.54) is 6.07 Å². The summed E-state index contributed by atoms with van der Waals surface area (Å²) in [6.45, 7) is 4.70. The molecule has 1 heterocycles. The maximum Gasteiger partial charge on any atom is 0.224 e. The molecular formula is C14H16BrFN4. The molecule has 0 fully saturated rings. The van der Waals surface area contributed by atoms with E-state index < -0.39 is 0 Å². The number of benzene rings is 1. The van der Waals surface area contributed by atoms with Gasteiger partial charge in [-0.3, -0.25) is 0 Å².